The fraction of sp³-hybridized carbons (Fsp3) is 0.556. The van der Waals surface area contributed by atoms with E-state index in [-0.39, 0.29) is 23.1 Å². The fourth-order valence-electron chi connectivity index (χ4n) is 3.04. The second kappa shape index (κ2) is 7.05. The number of aromatic nitrogens is 2. The summed E-state index contributed by atoms with van der Waals surface area (Å²) in [6, 6.07) is 2.22. The van der Waals surface area contributed by atoms with Gasteiger partial charge in [0.15, 0.2) is 5.16 Å². The third-order valence-corrected chi connectivity index (χ3v) is 7.01. The van der Waals surface area contributed by atoms with Gasteiger partial charge in [0, 0.05) is 11.4 Å². The van der Waals surface area contributed by atoms with Gasteiger partial charge in [-0.1, -0.05) is 11.8 Å². The van der Waals surface area contributed by atoms with Crippen LogP contribution in [0.5, 0.6) is 0 Å². The van der Waals surface area contributed by atoms with E-state index in [0.29, 0.717) is 17.1 Å². The van der Waals surface area contributed by atoms with Crippen molar-refractivity contribution in [2.45, 2.75) is 57.8 Å². The number of aryl methyl sites for hydroxylation is 2. The van der Waals surface area contributed by atoms with Crippen LogP contribution in [-0.4, -0.2) is 26.8 Å². The molecule has 1 aliphatic carbocycles. The van der Waals surface area contributed by atoms with E-state index >= 15 is 0 Å². The highest BCUT2D eigenvalue weighted by Gasteiger charge is 2.42. The maximum Gasteiger partial charge on any atom is 0.263 e. The number of thiophene rings is 1. The maximum absolute atomic E-state index is 12.8. The van der Waals surface area contributed by atoms with Gasteiger partial charge in [0.05, 0.1) is 17.2 Å². The van der Waals surface area contributed by atoms with Crippen molar-refractivity contribution in [2.75, 3.05) is 5.75 Å². The van der Waals surface area contributed by atoms with Gasteiger partial charge in [0.1, 0.15) is 10.4 Å². The molecule has 1 fully saturated rings. The molecule has 1 saturated carbocycles. The predicted molar refractivity (Wildman–Crippen MR) is 105 cm³/mol. The van der Waals surface area contributed by atoms with Crippen LogP contribution in [0.15, 0.2) is 9.95 Å². The number of hydrogen-bond acceptors (Lipinski definition) is 6. The molecule has 0 unspecified atom stereocenters. The van der Waals surface area contributed by atoms with Gasteiger partial charge in [-0.25, -0.2) is 4.98 Å². The minimum Gasteiger partial charge on any atom is -0.337 e. The number of carbonyl (C=O) groups excluding carboxylic acids is 1. The maximum atomic E-state index is 12.8. The molecule has 0 aliphatic heterocycles. The summed E-state index contributed by atoms with van der Waals surface area (Å²) < 4.78 is 1.61. The van der Waals surface area contributed by atoms with Crippen LogP contribution in [0.3, 0.4) is 0 Å². The Bertz CT molecular complexity index is 968. The molecule has 1 N–H and O–H groups in total. The van der Waals surface area contributed by atoms with E-state index in [1.807, 2.05) is 20.8 Å². The standard InChI is InChI=1S/C18H22N4O2S2/c1-5-22-16(24)14-10(2)11(3)26-15(14)20-17(22)25-8-13(23)21-18(4,9-19)12-6-7-12/h12H,5-8H2,1-4H3,(H,21,23)/t18-/m1/s1. The number of fused-ring (bicyclic) bond motifs is 1. The lowest BCUT2D eigenvalue weighted by atomic mass is 9.98. The highest BCUT2D eigenvalue weighted by atomic mass is 32.2. The van der Waals surface area contributed by atoms with Crippen LogP contribution < -0.4 is 10.9 Å². The third kappa shape index (κ3) is 3.38. The average Bonchev–Trinajstić information content (AvgIpc) is 3.41. The van der Waals surface area contributed by atoms with Crippen molar-refractivity contribution < 1.29 is 4.79 Å². The quantitative estimate of drug-likeness (QED) is 0.605. The number of rotatable bonds is 6. The molecule has 2 aromatic rings. The molecule has 1 amide bonds. The van der Waals surface area contributed by atoms with Crippen molar-refractivity contribution in [3.63, 3.8) is 0 Å². The van der Waals surface area contributed by atoms with E-state index in [9.17, 15) is 14.9 Å². The van der Waals surface area contributed by atoms with Crippen LogP contribution in [0, 0.1) is 31.1 Å². The fourth-order valence-corrected chi connectivity index (χ4v) is 4.97. The van der Waals surface area contributed by atoms with Crippen molar-refractivity contribution in [3.8, 4) is 6.07 Å². The van der Waals surface area contributed by atoms with Gasteiger partial charge < -0.3 is 5.32 Å². The van der Waals surface area contributed by atoms with Crippen LogP contribution in [0.25, 0.3) is 10.2 Å². The highest BCUT2D eigenvalue weighted by Crippen LogP contribution is 2.39. The van der Waals surface area contributed by atoms with Gasteiger partial charge in [-0.3, -0.25) is 14.2 Å². The van der Waals surface area contributed by atoms with E-state index in [4.69, 9.17) is 0 Å². The second-order valence-corrected chi connectivity index (χ2v) is 8.98. The van der Waals surface area contributed by atoms with E-state index < -0.39 is 5.54 Å². The van der Waals surface area contributed by atoms with Crippen molar-refractivity contribution in [1.82, 2.24) is 14.9 Å². The van der Waals surface area contributed by atoms with E-state index in [1.54, 1.807) is 11.5 Å². The summed E-state index contributed by atoms with van der Waals surface area (Å²) >= 11 is 2.75. The summed E-state index contributed by atoms with van der Waals surface area (Å²) in [5.74, 6) is 0.161. The number of thioether (sulfide) groups is 1. The summed E-state index contributed by atoms with van der Waals surface area (Å²) in [6.07, 6.45) is 1.95. The Morgan fingerprint density at radius 2 is 2.19 bits per heavy atom. The minimum atomic E-state index is -0.804. The third-order valence-electron chi connectivity index (χ3n) is 4.93. The molecule has 0 saturated heterocycles. The molecule has 1 aliphatic rings. The second-order valence-electron chi connectivity index (χ2n) is 6.83. The molecule has 26 heavy (non-hydrogen) atoms. The van der Waals surface area contributed by atoms with Crippen LogP contribution in [-0.2, 0) is 11.3 Å². The van der Waals surface area contributed by atoms with Crippen molar-refractivity contribution in [3.05, 3.63) is 20.8 Å². The Morgan fingerprint density at radius 1 is 1.50 bits per heavy atom. The van der Waals surface area contributed by atoms with Gasteiger partial charge in [-0.15, -0.1) is 11.3 Å². The Balaban J connectivity index is 1.81. The molecule has 0 spiro atoms. The lowest BCUT2D eigenvalue weighted by Gasteiger charge is -2.22. The first-order valence-corrected chi connectivity index (χ1v) is 10.5. The Labute approximate surface area is 160 Å². The SMILES string of the molecule is CCn1c(SCC(=O)N[C@](C)(C#N)C2CC2)nc2sc(C)c(C)c2c1=O. The van der Waals surface area contributed by atoms with E-state index in [2.05, 4.69) is 16.4 Å². The molecule has 6 nitrogen and oxygen atoms in total. The van der Waals surface area contributed by atoms with Crippen LogP contribution in [0.2, 0.25) is 0 Å². The van der Waals surface area contributed by atoms with Gasteiger partial charge in [0.2, 0.25) is 5.91 Å². The van der Waals surface area contributed by atoms with Gasteiger partial charge >= 0.3 is 0 Å². The molecule has 0 aromatic carbocycles. The monoisotopic (exact) mass is 390 g/mol. The first-order chi connectivity index (χ1) is 12.3. The molecule has 8 heteroatoms. The number of nitrogens with one attached hydrogen (secondary N) is 1. The number of amides is 1. The first-order valence-electron chi connectivity index (χ1n) is 8.66. The zero-order chi connectivity index (χ0) is 19.1. The summed E-state index contributed by atoms with van der Waals surface area (Å²) in [7, 11) is 0. The van der Waals surface area contributed by atoms with Crippen molar-refractivity contribution in [2.24, 2.45) is 5.92 Å². The number of nitrogens with zero attached hydrogens (tertiary/aromatic N) is 3. The zero-order valence-electron chi connectivity index (χ0n) is 15.4. The zero-order valence-corrected chi connectivity index (χ0v) is 17.0. The number of hydrogen-bond donors (Lipinski definition) is 1. The molecule has 2 heterocycles. The molecule has 138 valence electrons. The Morgan fingerprint density at radius 3 is 2.77 bits per heavy atom. The molecule has 3 rings (SSSR count). The van der Waals surface area contributed by atoms with Crippen LogP contribution in [0.4, 0.5) is 0 Å². The van der Waals surface area contributed by atoms with Crippen LogP contribution >= 0.6 is 23.1 Å². The summed E-state index contributed by atoms with van der Waals surface area (Å²) in [5, 5.41) is 13.4. The number of nitriles is 1. The summed E-state index contributed by atoms with van der Waals surface area (Å²) in [4.78, 5) is 31.6. The van der Waals surface area contributed by atoms with E-state index in [0.717, 1.165) is 28.1 Å². The topological polar surface area (TPSA) is 87.8 Å². The first kappa shape index (κ1) is 18.9. The lowest BCUT2D eigenvalue weighted by Crippen LogP contribution is -2.47. The highest BCUT2D eigenvalue weighted by molar-refractivity contribution is 7.99. The minimum absolute atomic E-state index is 0.0536. The van der Waals surface area contributed by atoms with Gasteiger partial charge in [-0.05, 0) is 52.0 Å². The summed E-state index contributed by atoms with van der Waals surface area (Å²) in [5.41, 5.74) is 0.122. The normalized spacial score (nSPS) is 16.3. The molecular formula is C18H22N4O2S2. The molecule has 2 aromatic heterocycles. The Hall–Kier alpha value is -1.85. The van der Waals surface area contributed by atoms with Gasteiger partial charge in [0.25, 0.3) is 5.56 Å². The van der Waals surface area contributed by atoms with Crippen molar-refractivity contribution in [1.29, 1.82) is 5.26 Å². The molecule has 0 bridgehead atoms. The van der Waals surface area contributed by atoms with E-state index in [1.165, 1.54) is 23.1 Å². The van der Waals surface area contributed by atoms with Gasteiger partial charge in [-0.2, -0.15) is 5.26 Å². The molecule has 0 radical (unpaired) electrons. The largest absolute Gasteiger partial charge is 0.337 e. The average molecular weight is 391 g/mol. The molecular weight excluding hydrogens is 368 g/mol. The predicted octanol–water partition coefficient (Wildman–Crippen LogP) is 3.00. The Kier molecular flexibility index (Phi) is 5.13. The van der Waals surface area contributed by atoms with Crippen molar-refractivity contribution >= 4 is 39.2 Å². The summed E-state index contributed by atoms with van der Waals surface area (Å²) in [6.45, 7) is 8.10. The number of carbonyl (C=O) groups is 1. The smallest absolute Gasteiger partial charge is 0.263 e. The molecule has 1 atom stereocenters. The van der Waals surface area contributed by atoms with Crippen LogP contribution in [0.1, 0.15) is 37.1 Å². The lowest BCUT2D eigenvalue weighted by molar-refractivity contribution is -0.119.